The van der Waals surface area contributed by atoms with E-state index in [1.54, 1.807) is 20.8 Å². The molecule has 176 valence electrons. The molecule has 4 rings (SSSR count). The van der Waals surface area contributed by atoms with E-state index in [0.29, 0.717) is 6.42 Å². The van der Waals surface area contributed by atoms with Crippen LogP contribution in [-0.4, -0.2) is 45.5 Å². The fourth-order valence-electron chi connectivity index (χ4n) is 7.49. The summed E-state index contributed by atoms with van der Waals surface area (Å²) in [5, 5.41) is 10.7. The summed E-state index contributed by atoms with van der Waals surface area (Å²) >= 11 is 4.09. The molecule has 9 atom stereocenters. The minimum Gasteiger partial charge on any atom is -0.449 e. The average molecular weight is 469 g/mol. The van der Waals surface area contributed by atoms with Gasteiger partial charge in [-0.15, -0.1) is 12.6 Å². The molecule has 0 aromatic carbocycles. The second-order valence-electron chi connectivity index (χ2n) is 10.4. The summed E-state index contributed by atoms with van der Waals surface area (Å²) in [5.41, 5.74) is -6.46. The van der Waals surface area contributed by atoms with Crippen LogP contribution in [0.15, 0.2) is 23.8 Å². The lowest BCUT2D eigenvalue weighted by Gasteiger charge is -2.63. The van der Waals surface area contributed by atoms with Crippen molar-refractivity contribution in [2.24, 2.45) is 28.6 Å². The van der Waals surface area contributed by atoms with E-state index in [9.17, 15) is 19.5 Å². The van der Waals surface area contributed by atoms with Gasteiger partial charge in [0.15, 0.2) is 17.1 Å². The van der Waals surface area contributed by atoms with E-state index in [1.807, 2.05) is 0 Å². The minimum absolute atomic E-state index is 0.0476. The van der Waals surface area contributed by atoms with E-state index >= 15 is 8.78 Å². The Balaban J connectivity index is 1.87. The third-order valence-electron chi connectivity index (χ3n) is 9.05. The van der Waals surface area contributed by atoms with E-state index in [0.717, 1.165) is 6.08 Å². The molecule has 0 amide bonds. The first-order valence-electron chi connectivity index (χ1n) is 11.2. The summed E-state index contributed by atoms with van der Waals surface area (Å²) < 4.78 is 38.3. The zero-order valence-electron chi connectivity index (χ0n) is 18.7. The molecule has 0 saturated heterocycles. The maximum absolute atomic E-state index is 17.1. The number of carbonyl (C=O) groups excluding carboxylic acids is 3. The van der Waals surface area contributed by atoms with Crippen LogP contribution in [-0.2, 0) is 19.1 Å². The van der Waals surface area contributed by atoms with Gasteiger partial charge in [0.2, 0.25) is 5.12 Å². The first-order valence-corrected chi connectivity index (χ1v) is 11.7. The Labute approximate surface area is 192 Å². The number of thiol groups is 1. The summed E-state index contributed by atoms with van der Waals surface area (Å²) in [6, 6.07) is 0. The monoisotopic (exact) mass is 468 g/mol. The van der Waals surface area contributed by atoms with Crippen molar-refractivity contribution >= 4 is 29.5 Å². The van der Waals surface area contributed by atoms with Gasteiger partial charge < -0.3 is 9.84 Å². The molecule has 0 aromatic rings. The van der Waals surface area contributed by atoms with Gasteiger partial charge in [-0.05, 0) is 49.8 Å². The fourth-order valence-corrected chi connectivity index (χ4v) is 8.01. The van der Waals surface area contributed by atoms with E-state index in [4.69, 9.17) is 4.74 Å². The molecule has 3 fully saturated rings. The van der Waals surface area contributed by atoms with Gasteiger partial charge in [0, 0.05) is 29.1 Å². The van der Waals surface area contributed by atoms with Crippen molar-refractivity contribution in [2.75, 3.05) is 0 Å². The Morgan fingerprint density at radius 1 is 1.28 bits per heavy atom. The lowest BCUT2D eigenvalue weighted by molar-refractivity contribution is -0.228. The Morgan fingerprint density at radius 3 is 2.53 bits per heavy atom. The number of esters is 1. The Hall–Kier alpha value is -1.54. The Bertz CT molecular complexity index is 949. The Morgan fingerprint density at radius 2 is 1.94 bits per heavy atom. The molecule has 1 N–H and O–H groups in total. The molecule has 8 heteroatoms. The van der Waals surface area contributed by atoms with Gasteiger partial charge in [0.25, 0.3) is 0 Å². The summed E-state index contributed by atoms with van der Waals surface area (Å²) in [7, 11) is 0. The van der Waals surface area contributed by atoms with Crippen molar-refractivity contribution in [2.45, 2.75) is 76.9 Å². The van der Waals surface area contributed by atoms with Crippen LogP contribution in [0.5, 0.6) is 0 Å². The zero-order valence-corrected chi connectivity index (χ0v) is 19.6. The second-order valence-corrected chi connectivity index (χ2v) is 10.8. The van der Waals surface area contributed by atoms with Crippen molar-refractivity contribution < 1.29 is 33.0 Å². The number of carbonyl (C=O) groups is 3. The summed E-state index contributed by atoms with van der Waals surface area (Å²) in [4.78, 5) is 37.2. The number of alkyl halides is 2. The number of hydrogen-bond donors (Lipinski definition) is 2. The van der Waals surface area contributed by atoms with Crippen molar-refractivity contribution in [3.8, 4) is 0 Å². The molecule has 0 heterocycles. The zero-order chi connectivity index (χ0) is 23.9. The van der Waals surface area contributed by atoms with Crippen LogP contribution in [0.4, 0.5) is 8.78 Å². The highest BCUT2D eigenvalue weighted by atomic mass is 32.1. The van der Waals surface area contributed by atoms with Crippen LogP contribution in [0, 0.1) is 28.6 Å². The highest BCUT2D eigenvalue weighted by Crippen LogP contribution is 2.71. The molecular weight excluding hydrogens is 438 g/mol. The fraction of sp³-hybridized carbons (Fsp3) is 0.708. The standard InChI is InChI=1S/C24H30F2O5S/c1-5-19(29)31-24(20(30)32)12(2)8-14-15-10-17(25)16-9-13(27)6-7-21(16,3)23(15,26)18(28)11-22(14,24)4/h6-7,9,12,14-15,17-18,28H,5,8,10-11H2,1-4H3,(H,30,32)/t12-,14+,15+,17+,18-,21+,22+,23+,24+/m1/s1. The van der Waals surface area contributed by atoms with Crippen molar-refractivity contribution in [1.29, 1.82) is 0 Å². The number of allylic oxidation sites excluding steroid dienone is 4. The lowest BCUT2D eigenvalue weighted by Crippen LogP contribution is -2.70. The van der Waals surface area contributed by atoms with Crippen LogP contribution in [0.3, 0.4) is 0 Å². The highest BCUT2D eigenvalue weighted by Gasteiger charge is 2.77. The minimum atomic E-state index is -2.24. The summed E-state index contributed by atoms with van der Waals surface area (Å²) in [6.07, 6.45) is 0.619. The molecule has 0 bridgehead atoms. The van der Waals surface area contributed by atoms with Gasteiger partial charge in [0.05, 0.1) is 6.10 Å². The van der Waals surface area contributed by atoms with Crippen LogP contribution >= 0.6 is 12.6 Å². The van der Waals surface area contributed by atoms with Crippen LogP contribution < -0.4 is 0 Å². The number of ether oxygens (including phenoxy) is 1. The third-order valence-corrected chi connectivity index (χ3v) is 9.38. The van der Waals surface area contributed by atoms with E-state index < -0.39 is 69.0 Å². The number of fused-ring (bicyclic) bond motifs is 5. The van der Waals surface area contributed by atoms with Gasteiger partial charge in [-0.3, -0.25) is 14.4 Å². The van der Waals surface area contributed by atoms with Gasteiger partial charge in [0.1, 0.15) is 6.17 Å². The smallest absolute Gasteiger partial charge is 0.306 e. The van der Waals surface area contributed by atoms with Crippen molar-refractivity contribution in [3.05, 3.63) is 23.8 Å². The maximum Gasteiger partial charge on any atom is 0.306 e. The average Bonchev–Trinajstić information content (AvgIpc) is 2.93. The molecule has 4 aliphatic rings. The van der Waals surface area contributed by atoms with Crippen molar-refractivity contribution in [1.82, 2.24) is 0 Å². The van der Waals surface area contributed by atoms with Gasteiger partial charge in [-0.25, -0.2) is 8.78 Å². The molecule has 0 spiro atoms. The molecule has 32 heavy (non-hydrogen) atoms. The third kappa shape index (κ3) is 2.62. The SMILES string of the molecule is CCC(=O)O[C@]1(C(=O)S)[C@H](C)C[C@H]2[C@@H]3C[C@H](F)C4=CC(=O)C=C[C@]4(C)[C@@]3(F)[C@H](O)C[C@@]21C. The molecule has 4 aliphatic carbocycles. The number of aliphatic hydroxyl groups excluding tert-OH is 1. The van der Waals surface area contributed by atoms with Crippen LogP contribution in [0.2, 0.25) is 0 Å². The molecule has 0 radical (unpaired) electrons. The highest BCUT2D eigenvalue weighted by molar-refractivity contribution is 7.96. The van der Waals surface area contributed by atoms with Gasteiger partial charge >= 0.3 is 5.97 Å². The molecule has 0 aromatic heterocycles. The lowest BCUT2D eigenvalue weighted by atomic mass is 9.44. The summed E-state index contributed by atoms with van der Waals surface area (Å²) in [6.45, 7) is 6.62. The van der Waals surface area contributed by atoms with Gasteiger partial charge in [-0.1, -0.05) is 26.8 Å². The topological polar surface area (TPSA) is 80.7 Å². The van der Waals surface area contributed by atoms with Crippen LogP contribution in [0.25, 0.3) is 0 Å². The summed E-state index contributed by atoms with van der Waals surface area (Å²) in [5.74, 6) is -2.94. The Kier molecular flexibility index (Phi) is 5.33. The van der Waals surface area contributed by atoms with E-state index in [1.165, 1.54) is 19.1 Å². The second kappa shape index (κ2) is 7.23. The largest absolute Gasteiger partial charge is 0.449 e. The number of rotatable bonds is 3. The quantitative estimate of drug-likeness (QED) is 0.488. The van der Waals surface area contributed by atoms with E-state index in [-0.39, 0.29) is 24.8 Å². The number of aliphatic hydroxyl groups is 1. The maximum atomic E-state index is 17.1. The molecule has 0 aliphatic heterocycles. The first kappa shape index (κ1) is 23.6. The van der Waals surface area contributed by atoms with Gasteiger partial charge in [-0.2, -0.15) is 0 Å². The molecular formula is C24H30F2O5S. The number of halogens is 2. The molecule has 0 unspecified atom stereocenters. The number of hydrogen-bond acceptors (Lipinski definition) is 5. The number of ketones is 1. The van der Waals surface area contributed by atoms with Crippen molar-refractivity contribution in [3.63, 3.8) is 0 Å². The normalized spacial score (nSPS) is 49.6. The first-order chi connectivity index (χ1) is 14.8. The molecule has 3 saturated carbocycles. The molecule has 5 nitrogen and oxygen atoms in total. The predicted molar refractivity (Wildman–Crippen MR) is 116 cm³/mol. The van der Waals surface area contributed by atoms with Crippen LogP contribution in [0.1, 0.15) is 53.4 Å². The van der Waals surface area contributed by atoms with E-state index in [2.05, 4.69) is 12.6 Å². The predicted octanol–water partition coefficient (Wildman–Crippen LogP) is 3.70.